The van der Waals surface area contributed by atoms with Crippen LogP contribution in [0.5, 0.6) is 0 Å². The first-order chi connectivity index (χ1) is 14.3. The van der Waals surface area contributed by atoms with Crippen LogP contribution in [-0.4, -0.2) is 31.4 Å². The molecule has 2 aromatic carbocycles. The molecule has 0 amide bonds. The minimum absolute atomic E-state index is 0.578. The molecule has 0 fully saturated rings. The highest BCUT2D eigenvalue weighted by molar-refractivity contribution is 5.90. The Morgan fingerprint density at radius 3 is 2.66 bits per heavy atom. The molecular weight excluding hydrogens is 364 g/mol. The fraction of sp³-hybridized carbons (Fsp3) is 0. The van der Waals surface area contributed by atoms with E-state index in [-0.39, 0.29) is 0 Å². The third kappa shape index (κ3) is 3.37. The number of nitrogens with one attached hydrogen (secondary N) is 3. The molecule has 0 aliphatic heterocycles. The number of hydrogen-bond donors (Lipinski definition) is 3. The summed E-state index contributed by atoms with van der Waals surface area (Å²) in [6, 6.07) is 17.3. The summed E-state index contributed by atoms with van der Waals surface area (Å²) in [7, 11) is 0. The van der Waals surface area contributed by atoms with E-state index in [0.717, 1.165) is 39.7 Å². The third-order valence-corrected chi connectivity index (χ3v) is 4.67. The van der Waals surface area contributed by atoms with Crippen LogP contribution in [0.4, 0.5) is 11.5 Å². The lowest BCUT2D eigenvalue weighted by Crippen LogP contribution is -1.96. The highest BCUT2D eigenvalue weighted by Gasteiger charge is 2.08. The van der Waals surface area contributed by atoms with Gasteiger partial charge in [0.15, 0.2) is 5.82 Å². The number of aromatic nitrogens is 5. The highest BCUT2D eigenvalue weighted by atomic mass is 16.1. The van der Waals surface area contributed by atoms with Crippen molar-refractivity contribution in [2.75, 3.05) is 5.32 Å². The predicted octanol–water partition coefficient (Wildman–Crippen LogP) is 4.57. The smallest absolute Gasteiger partial charge is 0.178 e. The molecule has 0 radical (unpaired) electrons. The van der Waals surface area contributed by atoms with E-state index in [9.17, 15) is 4.79 Å². The number of hydrogen-bond acceptors (Lipinski definition) is 5. The second-order valence-electron chi connectivity index (χ2n) is 6.60. The number of rotatable bonds is 5. The highest BCUT2D eigenvalue weighted by Crippen LogP contribution is 2.25. The van der Waals surface area contributed by atoms with E-state index < -0.39 is 0 Å². The van der Waals surface area contributed by atoms with Crippen molar-refractivity contribution in [2.24, 2.45) is 0 Å². The maximum atomic E-state index is 11.0. The number of nitrogens with zero attached hydrogens (tertiary/aromatic N) is 3. The van der Waals surface area contributed by atoms with Crippen molar-refractivity contribution in [3.05, 3.63) is 78.8 Å². The van der Waals surface area contributed by atoms with E-state index in [1.165, 1.54) is 0 Å². The van der Waals surface area contributed by atoms with Gasteiger partial charge in [-0.15, -0.1) is 0 Å². The number of H-pyrrole nitrogens is 2. The predicted molar refractivity (Wildman–Crippen MR) is 112 cm³/mol. The molecule has 0 saturated heterocycles. The summed E-state index contributed by atoms with van der Waals surface area (Å²) < 4.78 is 0. The van der Waals surface area contributed by atoms with Gasteiger partial charge in [0.25, 0.3) is 0 Å². The van der Waals surface area contributed by atoms with E-state index in [4.69, 9.17) is 0 Å². The zero-order chi connectivity index (χ0) is 19.6. The molecule has 0 aliphatic carbocycles. The SMILES string of the molecule is O=Cc1ccc2cc(-c3nccc(Nc4ccc(-c5cn[nH]c5)cc4)n3)[nH]c2c1. The first kappa shape index (κ1) is 16.9. The molecule has 7 nitrogen and oxygen atoms in total. The average molecular weight is 380 g/mol. The Morgan fingerprint density at radius 2 is 1.86 bits per heavy atom. The van der Waals surface area contributed by atoms with Crippen molar-refractivity contribution in [1.82, 2.24) is 25.1 Å². The summed E-state index contributed by atoms with van der Waals surface area (Å²) >= 11 is 0. The fourth-order valence-corrected chi connectivity index (χ4v) is 3.20. The van der Waals surface area contributed by atoms with E-state index in [2.05, 4.69) is 30.5 Å². The van der Waals surface area contributed by atoms with E-state index in [1.54, 1.807) is 18.5 Å². The first-order valence-electron chi connectivity index (χ1n) is 9.06. The molecule has 0 spiro atoms. The quantitative estimate of drug-likeness (QED) is 0.388. The first-order valence-corrected chi connectivity index (χ1v) is 9.06. The van der Waals surface area contributed by atoms with Crippen LogP contribution in [0.25, 0.3) is 33.5 Å². The lowest BCUT2D eigenvalue weighted by atomic mass is 10.1. The lowest BCUT2D eigenvalue weighted by Gasteiger charge is -2.07. The van der Waals surface area contributed by atoms with Crippen LogP contribution in [0, 0.1) is 0 Å². The minimum atomic E-state index is 0.578. The maximum Gasteiger partial charge on any atom is 0.178 e. The van der Waals surface area contributed by atoms with Gasteiger partial charge in [-0.3, -0.25) is 9.89 Å². The van der Waals surface area contributed by atoms with Crippen LogP contribution < -0.4 is 5.32 Å². The normalized spacial score (nSPS) is 10.9. The summed E-state index contributed by atoms with van der Waals surface area (Å²) in [5, 5.41) is 11.1. The summed E-state index contributed by atoms with van der Waals surface area (Å²) in [4.78, 5) is 23.2. The Bertz CT molecular complexity index is 1290. The zero-order valence-electron chi connectivity index (χ0n) is 15.3. The van der Waals surface area contributed by atoms with Crippen LogP contribution >= 0.6 is 0 Å². The molecule has 3 aromatic heterocycles. The average Bonchev–Trinajstić information content (AvgIpc) is 3.44. The standard InChI is InChI=1S/C22H16N6O/c29-13-14-1-2-16-10-20(27-19(16)9-14)22-23-8-7-21(28-22)26-18-5-3-15(4-6-18)17-11-24-25-12-17/h1-13,27H,(H,24,25)(H,23,26,28). The van der Waals surface area contributed by atoms with Crippen molar-refractivity contribution < 1.29 is 4.79 Å². The molecule has 3 heterocycles. The molecule has 5 rings (SSSR count). The van der Waals surface area contributed by atoms with Gasteiger partial charge in [-0.25, -0.2) is 9.97 Å². The van der Waals surface area contributed by atoms with Crippen molar-refractivity contribution in [3.8, 4) is 22.6 Å². The monoisotopic (exact) mass is 380 g/mol. The van der Waals surface area contributed by atoms with Crippen molar-refractivity contribution in [2.45, 2.75) is 0 Å². The van der Waals surface area contributed by atoms with Crippen LogP contribution in [0.1, 0.15) is 10.4 Å². The second kappa shape index (κ2) is 7.05. The zero-order valence-corrected chi connectivity index (χ0v) is 15.3. The Morgan fingerprint density at radius 1 is 0.966 bits per heavy atom. The van der Waals surface area contributed by atoms with Gasteiger partial charge in [0.1, 0.15) is 12.1 Å². The van der Waals surface area contributed by atoms with Crippen LogP contribution in [0.15, 0.2) is 73.2 Å². The van der Waals surface area contributed by atoms with Gasteiger partial charge in [-0.2, -0.15) is 5.10 Å². The van der Waals surface area contributed by atoms with Gasteiger partial charge in [0.2, 0.25) is 0 Å². The van der Waals surface area contributed by atoms with Gasteiger partial charge < -0.3 is 10.3 Å². The number of benzene rings is 2. The van der Waals surface area contributed by atoms with Crippen molar-refractivity contribution in [3.63, 3.8) is 0 Å². The van der Waals surface area contributed by atoms with Gasteiger partial charge in [0.05, 0.1) is 11.9 Å². The van der Waals surface area contributed by atoms with Crippen LogP contribution in [0.3, 0.4) is 0 Å². The van der Waals surface area contributed by atoms with E-state index in [0.29, 0.717) is 17.2 Å². The topological polar surface area (TPSA) is 99.3 Å². The van der Waals surface area contributed by atoms with Gasteiger partial charge >= 0.3 is 0 Å². The molecule has 0 aliphatic rings. The molecule has 7 heteroatoms. The molecule has 140 valence electrons. The minimum Gasteiger partial charge on any atom is -0.352 e. The summed E-state index contributed by atoms with van der Waals surface area (Å²) in [5.41, 5.74) is 5.34. The number of carbonyl (C=O) groups is 1. The van der Waals surface area contributed by atoms with Gasteiger partial charge in [0, 0.05) is 40.1 Å². The number of carbonyl (C=O) groups excluding carboxylic acids is 1. The van der Waals surface area contributed by atoms with Crippen LogP contribution in [0.2, 0.25) is 0 Å². The molecule has 5 aromatic rings. The molecule has 3 N–H and O–H groups in total. The van der Waals surface area contributed by atoms with Crippen LogP contribution in [-0.2, 0) is 0 Å². The number of aromatic amines is 2. The molecule has 29 heavy (non-hydrogen) atoms. The van der Waals surface area contributed by atoms with Gasteiger partial charge in [-0.1, -0.05) is 24.3 Å². The molecule has 0 atom stereocenters. The number of fused-ring (bicyclic) bond motifs is 1. The Kier molecular flexibility index (Phi) is 4.10. The molecular formula is C22H16N6O. The summed E-state index contributed by atoms with van der Waals surface area (Å²) in [5.74, 6) is 1.27. The lowest BCUT2D eigenvalue weighted by molar-refractivity contribution is 0.112. The maximum absolute atomic E-state index is 11.0. The van der Waals surface area contributed by atoms with Crippen molar-refractivity contribution >= 4 is 28.7 Å². The van der Waals surface area contributed by atoms with E-state index >= 15 is 0 Å². The second-order valence-corrected chi connectivity index (χ2v) is 6.60. The Labute approximate surface area is 165 Å². The third-order valence-electron chi connectivity index (χ3n) is 4.67. The molecule has 0 bridgehead atoms. The molecule has 0 unspecified atom stereocenters. The van der Waals surface area contributed by atoms with Crippen molar-refractivity contribution in [1.29, 1.82) is 0 Å². The van der Waals surface area contributed by atoms with Gasteiger partial charge in [-0.05, 0) is 35.9 Å². The fourth-order valence-electron chi connectivity index (χ4n) is 3.20. The number of anilines is 2. The van der Waals surface area contributed by atoms with E-state index in [1.807, 2.05) is 54.7 Å². The number of aldehydes is 1. The summed E-state index contributed by atoms with van der Waals surface area (Å²) in [6.45, 7) is 0. The molecule has 0 saturated carbocycles. The summed E-state index contributed by atoms with van der Waals surface area (Å²) in [6.07, 6.45) is 6.20. The Hall–Kier alpha value is -4.26. The largest absolute Gasteiger partial charge is 0.352 e. The Balaban J connectivity index is 1.40.